The summed E-state index contributed by atoms with van der Waals surface area (Å²) in [7, 11) is 0. The number of hydrogen-bond acceptors (Lipinski definition) is 6. The van der Waals surface area contributed by atoms with Gasteiger partial charge in [-0.15, -0.1) is 5.10 Å². The van der Waals surface area contributed by atoms with Crippen LogP contribution in [0.15, 0.2) is 69.4 Å². The Morgan fingerprint density at radius 1 is 1.17 bits per heavy atom. The largest absolute Gasteiger partial charge is 0.493 e. The zero-order chi connectivity index (χ0) is 25.5. The van der Waals surface area contributed by atoms with Gasteiger partial charge in [0.1, 0.15) is 11.8 Å². The summed E-state index contributed by atoms with van der Waals surface area (Å²) < 4.78 is 8.92. The number of hydrogen-bond donors (Lipinski definition) is 2. The van der Waals surface area contributed by atoms with Gasteiger partial charge in [0.2, 0.25) is 11.1 Å². The van der Waals surface area contributed by atoms with Crippen molar-refractivity contribution in [2.24, 2.45) is 0 Å². The van der Waals surface area contributed by atoms with Crippen LogP contribution < -0.4 is 15.4 Å². The normalized spacial score (nSPS) is 14.8. The number of ether oxygens (including phenoxy) is 1. The lowest BCUT2D eigenvalue weighted by molar-refractivity contribution is -0.113. The number of rotatable bonds is 11. The zero-order valence-electron chi connectivity index (χ0n) is 20.9. The summed E-state index contributed by atoms with van der Waals surface area (Å²) in [5.74, 6) is 2.10. The van der Waals surface area contributed by atoms with Gasteiger partial charge >= 0.3 is 0 Å². The Labute approximate surface area is 225 Å². The van der Waals surface area contributed by atoms with Gasteiger partial charge in [-0.1, -0.05) is 72.6 Å². The molecule has 2 aromatic carbocycles. The van der Waals surface area contributed by atoms with E-state index in [2.05, 4.69) is 40.4 Å². The molecule has 1 unspecified atom stereocenters. The third-order valence-electron chi connectivity index (χ3n) is 5.86. The molecule has 2 N–H and O–H groups in total. The van der Waals surface area contributed by atoms with E-state index in [9.17, 15) is 4.79 Å². The molecular formula is C27H32BrN5O2S. The Hall–Kier alpha value is -2.78. The standard InChI is InChI=1S/C27H32BrN5O2S/c1-4-6-15-35-22-14-13-19(28)17-21(22)24-23(25(34)30-20-11-9-8-10-12-20)18(3)29-26-31-27(32-33(24)26)36-16-7-5-2/h8-14,17,24H,4-7,15-16H2,1-3H3,(H,30,34)(H,29,31,32). The molecule has 3 aromatic rings. The number of fused-ring (bicyclic) bond motifs is 1. The number of benzene rings is 2. The van der Waals surface area contributed by atoms with Crippen molar-refractivity contribution >= 4 is 45.2 Å². The molecule has 1 amide bonds. The second-order valence-corrected chi connectivity index (χ2v) is 10.6. The molecule has 1 atom stereocenters. The fraction of sp³-hybridized carbons (Fsp3) is 0.370. The van der Waals surface area contributed by atoms with Gasteiger partial charge in [-0.05, 0) is 50.1 Å². The van der Waals surface area contributed by atoms with Crippen molar-refractivity contribution in [2.45, 2.75) is 57.7 Å². The SMILES string of the molecule is CCCCOc1ccc(Br)cc1C1C(C(=O)Nc2ccccc2)=C(C)Nc2nc(SCCCC)nn21. The number of unbranched alkanes of at least 4 members (excludes halogenated alkanes) is 2. The van der Waals surface area contributed by atoms with Crippen LogP contribution in [0.5, 0.6) is 5.75 Å². The van der Waals surface area contributed by atoms with E-state index >= 15 is 0 Å². The first kappa shape index (κ1) is 26.3. The van der Waals surface area contributed by atoms with Gasteiger partial charge in [0.05, 0.1) is 12.2 Å². The fourth-order valence-corrected chi connectivity index (χ4v) is 5.28. The average molecular weight is 571 g/mol. The maximum Gasteiger partial charge on any atom is 0.255 e. The number of halogens is 1. The van der Waals surface area contributed by atoms with Crippen LogP contribution >= 0.6 is 27.7 Å². The lowest BCUT2D eigenvalue weighted by atomic mass is 9.94. The predicted molar refractivity (Wildman–Crippen MR) is 150 cm³/mol. The van der Waals surface area contributed by atoms with E-state index in [-0.39, 0.29) is 5.91 Å². The number of allylic oxidation sites excluding steroid dienone is 1. The van der Waals surface area contributed by atoms with Gasteiger partial charge in [-0.2, -0.15) is 4.98 Å². The number of carbonyl (C=O) groups is 1. The molecule has 7 nitrogen and oxygen atoms in total. The number of nitrogens with one attached hydrogen (secondary N) is 2. The van der Waals surface area contributed by atoms with Gasteiger partial charge in [0.25, 0.3) is 5.91 Å². The van der Waals surface area contributed by atoms with Gasteiger partial charge in [0.15, 0.2) is 0 Å². The fourth-order valence-electron chi connectivity index (χ4n) is 3.99. The van der Waals surface area contributed by atoms with Crippen LogP contribution in [0.2, 0.25) is 0 Å². The summed E-state index contributed by atoms with van der Waals surface area (Å²) in [4.78, 5) is 18.5. The predicted octanol–water partition coefficient (Wildman–Crippen LogP) is 7.04. The molecule has 0 fully saturated rings. The first-order valence-electron chi connectivity index (χ1n) is 12.4. The molecule has 2 heterocycles. The van der Waals surface area contributed by atoms with Crippen molar-refractivity contribution in [1.29, 1.82) is 0 Å². The lowest BCUT2D eigenvalue weighted by Crippen LogP contribution is -2.31. The average Bonchev–Trinajstić information content (AvgIpc) is 3.27. The maximum absolute atomic E-state index is 13.7. The van der Waals surface area contributed by atoms with E-state index in [0.29, 0.717) is 23.3 Å². The highest BCUT2D eigenvalue weighted by Crippen LogP contribution is 2.41. The minimum absolute atomic E-state index is 0.197. The molecule has 1 aliphatic rings. The van der Waals surface area contributed by atoms with Crippen molar-refractivity contribution in [2.75, 3.05) is 23.0 Å². The molecule has 4 rings (SSSR count). The van der Waals surface area contributed by atoms with E-state index in [4.69, 9.17) is 14.8 Å². The molecule has 0 radical (unpaired) electrons. The van der Waals surface area contributed by atoms with Crippen molar-refractivity contribution in [3.05, 3.63) is 69.8 Å². The first-order chi connectivity index (χ1) is 17.5. The number of aromatic nitrogens is 3. The van der Waals surface area contributed by atoms with E-state index in [1.165, 1.54) is 0 Å². The topological polar surface area (TPSA) is 81.1 Å². The molecule has 190 valence electrons. The van der Waals surface area contributed by atoms with Gasteiger partial charge in [-0.25, -0.2) is 4.68 Å². The summed E-state index contributed by atoms with van der Waals surface area (Å²) in [6.07, 6.45) is 4.19. The summed E-state index contributed by atoms with van der Waals surface area (Å²) in [6, 6.07) is 14.9. The van der Waals surface area contributed by atoms with E-state index in [0.717, 1.165) is 58.6 Å². The molecular weight excluding hydrogens is 538 g/mol. The van der Waals surface area contributed by atoms with Crippen molar-refractivity contribution in [1.82, 2.24) is 14.8 Å². The molecule has 1 aromatic heterocycles. The van der Waals surface area contributed by atoms with Crippen molar-refractivity contribution in [3.63, 3.8) is 0 Å². The molecule has 0 aliphatic carbocycles. The second kappa shape index (κ2) is 12.5. The number of para-hydroxylation sites is 1. The third-order valence-corrected chi connectivity index (χ3v) is 7.28. The highest BCUT2D eigenvalue weighted by molar-refractivity contribution is 9.10. The van der Waals surface area contributed by atoms with Crippen LogP contribution in [0.1, 0.15) is 58.1 Å². The van der Waals surface area contributed by atoms with Crippen molar-refractivity contribution in [3.8, 4) is 5.75 Å². The molecule has 0 spiro atoms. The minimum Gasteiger partial charge on any atom is -0.493 e. The highest BCUT2D eigenvalue weighted by atomic mass is 79.9. The van der Waals surface area contributed by atoms with Crippen LogP contribution in [0.3, 0.4) is 0 Å². The minimum atomic E-state index is -0.507. The number of thioether (sulfide) groups is 1. The molecule has 9 heteroatoms. The van der Waals surface area contributed by atoms with Gasteiger partial charge < -0.3 is 15.4 Å². The van der Waals surface area contributed by atoms with Crippen LogP contribution in [-0.4, -0.2) is 33.0 Å². The molecule has 0 bridgehead atoms. The summed E-state index contributed by atoms with van der Waals surface area (Å²) >= 11 is 5.25. The molecule has 1 aliphatic heterocycles. The first-order valence-corrected chi connectivity index (χ1v) is 14.2. The van der Waals surface area contributed by atoms with E-state index in [1.807, 2.05) is 60.1 Å². The van der Waals surface area contributed by atoms with Crippen LogP contribution in [-0.2, 0) is 4.79 Å². The maximum atomic E-state index is 13.7. The zero-order valence-corrected chi connectivity index (χ0v) is 23.3. The monoisotopic (exact) mass is 569 g/mol. The number of nitrogens with zero attached hydrogens (tertiary/aromatic N) is 3. The van der Waals surface area contributed by atoms with Crippen LogP contribution in [0.4, 0.5) is 11.6 Å². The Balaban J connectivity index is 1.78. The van der Waals surface area contributed by atoms with Gasteiger partial charge in [-0.3, -0.25) is 4.79 Å². The summed E-state index contributed by atoms with van der Waals surface area (Å²) in [5.41, 5.74) is 2.89. The smallest absolute Gasteiger partial charge is 0.255 e. The van der Waals surface area contributed by atoms with Crippen LogP contribution in [0, 0.1) is 0 Å². The summed E-state index contributed by atoms with van der Waals surface area (Å²) in [6.45, 7) is 6.81. The number of carbonyl (C=O) groups excluding carboxylic acids is 1. The molecule has 0 saturated carbocycles. The third kappa shape index (κ3) is 6.13. The Kier molecular flexibility index (Phi) is 9.09. The van der Waals surface area contributed by atoms with E-state index < -0.39 is 6.04 Å². The lowest BCUT2D eigenvalue weighted by Gasteiger charge is -2.30. The molecule has 0 saturated heterocycles. The number of anilines is 2. The van der Waals surface area contributed by atoms with Gasteiger partial charge in [0, 0.05) is 27.2 Å². The van der Waals surface area contributed by atoms with Crippen molar-refractivity contribution < 1.29 is 9.53 Å². The Morgan fingerprint density at radius 3 is 2.69 bits per heavy atom. The van der Waals surface area contributed by atoms with Crippen LogP contribution in [0.25, 0.3) is 0 Å². The van der Waals surface area contributed by atoms with E-state index in [1.54, 1.807) is 11.8 Å². The molecule has 36 heavy (non-hydrogen) atoms. The Bertz CT molecular complexity index is 1230. The summed E-state index contributed by atoms with van der Waals surface area (Å²) in [5, 5.41) is 11.9. The Morgan fingerprint density at radius 2 is 1.94 bits per heavy atom. The second-order valence-electron chi connectivity index (χ2n) is 8.64. The quantitative estimate of drug-likeness (QED) is 0.190. The highest BCUT2D eigenvalue weighted by Gasteiger charge is 2.36. The number of amides is 1.